The maximum Gasteiger partial charge on any atom is 0.306 e. The van der Waals surface area contributed by atoms with Crippen molar-refractivity contribution in [2.24, 2.45) is 7.05 Å². The van der Waals surface area contributed by atoms with Gasteiger partial charge in [-0.2, -0.15) is 5.10 Å². The molecule has 0 amide bonds. The van der Waals surface area contributed by atoms with Crippen LogP contribution in [0.5, 0.6) is 0 Å². The number of esters is 1. The van der Waals surface area contributed by atoms with Crippen LogP contribution in [0.3, 0.4) is 0 Å². The van der Waals surface area contributed by atoms with Crippen molar-refractivity contribution in [2.45, 2.75) is 11.3 Å². The molecule has 18 heavy (non-hydrogen) atoms. The zero-order chi connectivity index (χ0) is 13.9. The van der Waals surface area contributed by atoms with E-state index in [-0.39, 0.29) is 23.7 Å². The number of carbonyl (C=O) groups is 1. The fraction of sp³-hybridized carbons (Fsp3) is 0.556. The van der Waals surface area contributed by atoms with E-state index in [9.17, 15) is 13.2 Å². The summed E-state index contributed by atoms with van der Waals surface area (Å²) in [6.07, 6.45) is 1.30. The molecule has 1 aromatic rings. The molecule has 1 aromatic heterocycles. The number of carbonyl (C=O) groups excluding carboxylic acids is 1. The highest BCUT2D eigenvalue weighted by Gasteiger charge is 2.26. The minimum Gasteiger partial charge on any atom is -0.469 e. The summed E-state index contributed by atoms with van der Waals surface area (Å²) >= 11 is 0. The molecule has 1 heterocycles. The number of hydrogen-bond acceptors (Lipinski definition) is 6. The summed E-state index contributed by atoms with van der Waals surface area (Å²) in [5.74, 6) is -0.543. The fourth-order valence-corrected chi connectivity index (χ4v) is 2.58. The zero-order valence-corrected chi connectivity index (χ0v) is 11.3. The first kappa shape index (κ1) is 14.5. The summed E-state index contributed by atoms with van der Waals surface area (Å²) in [5, 5.41) is 3.77. The molecule has 1 rings (SSSR count). The third-order valence-electron chi connectivity index (χ3n) is 2.37. The predicted molar refractivity (Wildman–Crippen MR) is 64.1 cm³/mol. The molecule has 0 saturated carbocycles. The van der Waals surface area contributed by atoms with Gasteiger partial charge in [-0.05, 0) is 0 Å². The van der Waals surface area contributed by atoms with Crippen LogP contribution < -0.4 is 5.73 Å². The summed E-state index contributed by atoms with van der Waals surface area (Å²) in [4.78, 5) is 10.9. The molecule has 9 heteroatoms. The van der Waals surface area contributed by atoms with Crippen LogP contribution in [0, 0.1) is 0 Å². The smallest absolute Gasteiger partial charge is 0.306 e. The Kier molecular flexibility index (Phi) is 4.30. The number of nitrogens with zero attached hydrogens (tertiary/aromatic N) is 3. The van der Waals surface area contributed by atoms with Gasteiger partial charge in [0.25, 0.3) is 0 Å². The van der Waals surface area contributed by atoms with Crippen molar-refractivity contribution in [3.63, 3.8) is 0 Å². The van der Waals surface area contributed by atoms with E-state index >= 15 is 0 Å². The highest BCUT2D eigenvalue weighted by atomic mass is 32.2. The van der Waals surface area contributed by atoms with Crippen molar-refractivity contribution < 1.29 is 17.9 Å². The molecule has 0 aliphatic heterocycles. The first-order valence-corrected chi connectivity index (χ1v) is 6.55. The van der Waals surface area contributed by atoms with Crippen molar-refractivity contribution in [1.82, 2.24) is 14.1 Å². The summed E-state index contributed by atoms with van der Waals surface area (Å²) in [6, 6.07) is 0. The predicted octanol–water partition coefficient (Wildman–Crippen LogP) is -0.814. The Hall–Kier alpha value is -1.61. The zero-order valence-electron chi connectivity index (χ0n) is 10.5. The van der Waals surface area contributed by atoms with E-state index in [0.717, 1.165) is 4.31 Å². The Bertz CT molecular complexity index is 537. The number of aromatic nitrogens is 2. The van der Waals surface area contributed by atoms with Gasteiger partial charge in [0.2, 0.25) is 10.0 Å². The molecule has 0 saturated heterocycles. The Morgan fingerprint density at radius 1 is 1.61 bits per heavy atom. The van der Waals surface area contributed by atoms with Crippen LogP contribution in [-0.4, -0.2) is 49.2 Å². The van der Waals surface area contributed by atoms with Gasteiger partial charge in [0.05, 0.1) is 13.5 Å². The SMILES string of the molecule is COC(=O)CCN(C)S(=O)(=O)c1cn(C)nc1N. The van der Waals surface area contributed by atoms with Crippen LogP contribution >= 0.6 is 0 Å². The van der Waals surface area contributed by atoms with E-state index in [1.807, 2.05) is 0 Å². The van der Waals surface area contributed by atoms with Gasteiger partial charge in [0.1, 0.15) is 4.90 Å². The molecule has 2 N–H and O–H groups in total. The Balaban J connectivity index is 2.87. The normalized spacial score (nSPS) is 11.8. The molecular formula is C9H16N4O4S. The van der Waals surface area contributed by atoms with Crippen molar-refractivity contribution in [3.8, 4) is 0 Å². The Morgan fingerprint density at radius 2 is 2.22 bits per heavy atom. The average molecular weight is 276 g/mol. The van der Waals surface area contributed by atoms with Gasteiger partial charge in [-0.3, -0.25) is 9.48 Å². The number of nitrogens with two attached hydrogens (primary N) is 1. The second-order valence-electron chi connectivity index (χ2n) is 3.70. The maximum absolute atomic E-state index is 12.1. The number of rotatable bonds is 5. The van der Waals surface area contributed by atoms with Gasteiger partial charge in [-0.25, -0.2) is 12.7 Å². The lowest BCUT2D eigenvalue weighted by Gasteiger charge is -2.15. The number of sulfonamides is 1. The third-order valence-corrected chi connectivity index (χ3v) is 4.24. The largest absolute Gasteiger partial charge is 0.469 e. The van der Waals surface area contributed by atoms with E-state index in [4.69, 9.17) is 5.73 Å². The van der Waals surface area contributed by atoms with E-state index in [1.165, 1.54) is 25.0 Å². The Morgan fingerprint density at radius 3 is 2.67 bits per heavy atom. The molecule has 0 aliphatic carbocycles. The maximum atomic E-state index is 12.1. The molecule has 0 aromatic carbocycles. The topological polar surface area (TPSA) is 108 Å². The van der Waals surface area contributed by atoms with E-state index < -0.39 is 16.0 Å². The molecule has 0 aliphatic rings. The number of anilines is 1. The molecule has 0 radical (unpaired) electrons. The monoisotopic (exact) mass is 276 g/mol. The van der Waals surface area contributed by atoms with Gasteiger partial charge in [0.15, 0.2) is 5.82 Å². The fourth-order valence-electron chi connectivity index (χ4n) is 1.32. The Labute approximate surface area is 105 Å². The highest BCUT2D eigenvalue weighted by molar-refractivity contribution is 7.89. The van der Waals surface area contributed by atoms with Crippen LogP contribution in [0.25, 0.3) is 0 Å². The summed E-state index contributed by atoms with van der Waals surface area (Å²) in [7, 11) is 0.450. The third kappa shape index (κ3) is 2.99. The lowest BCUT2D eigenvalue weighted by molar-refractivity contribution is -0.140. The lowest BCUT2D eigenvalue weighted by atomic mass is 10.4. The first-order chi connectivity index (χ1) is 8.28. The number of aryl methyl sites for hydroxylation is 1. The average Bonchev–Trinajstić information content (AvgIpc) is 2.65. The molecule has 0 bridgehead atoms. The van der Waals surface area contributed by atoms with Crippen LogP contribution in [0.15, 0.2) is 11.1 Å². The second kappa shape index (κ2) is 5.36. The van der Waals surface area contributed by atoms with Gasteiger partial charge in [-0.1, -0.05) is 0 Å². The number of methoxy groups -OCH3 is 1. The van der Waals surface area contributed by atoms with E-state index in [1.54, 1.807) is 7.05 Å². The van der Waals surface area contributed by atoms with Gasteiger partial charge >= 0.3 is 5.97 Å². The number of ether oxygens (including phenoxy) is 1. The minimum atomic E-state index is -3.74. The molecule has 0 fully saturated rings. The molecule has 0 unspecified atom stereocenters. The molecule has 102 valence electrons. The highest BCUT2D eigenvalue weighted by Crippen LogP contribution is 2.19. The van der Waals surface area contributed by atoms with Crippen LogP contribution in [0.4, 0.5) is 5.82 Å². The first-order valence-electron chi connectivity index (χ1n) is 5.11. The van der Waals surface area contributed by atoms with Crippen molar-refractivity contribution in [3.05, 3.63) is 6.20 Å². The van der Waals surface area contributed by atoms with Crippen molar-refractivity contribution in [1.29, 1.82) is 0 Å². The van der Waals surface area contributed by atoms with Gasteiger partial charge in [-0.15, -0.1) is 0 Å². The summed E-state index contributed by atoms with van der Waals surface area (Å²) in [5.41, 5.74) is 5.52. The number of nitrogen functional groups attached to an aromatic ring is 1. The second-order valence-corrected chi connectivity index (χ2v) is 5.72. The number of hydrogen-bond donors (Lipinski definition) is 1. The lowest BCUT2D eigenvalue weighted by Crippen LogP contribution is -2.29. The van der Waals surface area contributed by atoms with Crippen molar-refractivity contribution >= 4 is 21.8 Å². The van der Waals surface area contributed by atoms with Crippen LogP contribution in [0.2, 0.25) is 0 Å². The van der Waals surface area contributed by atoms with Gasteiger partial charge < -0.3 is 10.5 Å². The van der Waals surface area contributed by atoms with E-state index in [0.29, 0.717) is 0 Å². The van der Waals surface area contributed by atoms with Crippen LogP contribution in [-0.2, 0) is 26.6 Å². The molecule has 0 spiro atoms. The van der Waals surface area contributed by atoms with Crippen LogP contribution in [0.1, 0.15) is 6.42 Å². The summed E-state index contributed by atoms with van der Waals surface area (Å²) < 4.78 is 31.0. The quantitative estimate of drug-likeness (QED) is 0.704. The molecular weight excluding hydrogens is 260 g/mol. The standard InChI is InChI=1S/C9H16N4O4S/c1-12-6-7(9(10)11-12)18(15,16)13(2)5-4-8(14)17-3/h6H,4-5H2,1-3H3,(H2,10,11). The van der Waals surface area contributed by atoms with Crippen molar-refractivity contribution in [2.75, 3.05) is 26.4 Å². The minimum absolute atomic E-state index is 0.0172. The molecule has 8 nitrogen and oxygen atoms in total. The van der Waals surface area contributed by atoms with Gasteiger partial charge in [0, 0.05) is 26.8 Å². The molecule has 0 atom stereocenters. The summed E-state index contributed by atoms with van der Waals surface area (Å²) in [6.45, 7) is 0.0172. The van der Waals surface area contributed by atoms with E-state index in [2.05, 4.69) is 9.84 Å².